The molecule has 1 heterocycles. The van der Waals surface area contributed by atoms with Crippen molar-refractivity contribution in [2.24, 2.45) is 0 Å². The Balaban J connectivity index is 2.84. The Morgan fingerprint density at radius 3 is 2.33 bits per heavy atom. The maximum atomic E-state index is 3.48. The van der Waals surface area contributed by atoms with Gasteiger partial charge in [0, 0.05) is 23.9 Å². The highest BCUT2D eigenvalue weighted by Gasteiger charge is 2.13. The van der Waals surface area contributed by atoms with Crippen molar-refractivity contribution >= 4 is 10.9 Å². The Morgan fingerprint density at radius 2 is 1.67 bits per heavy atom. The normalized spacial score (nSPS) is 10.9. The van der Waals surface area contributed by atoms with E-state index in [4.69, 9.17) is 0 Å². The van der Waals surface area contributed by atoms with Crippen molar-refractivity contribution in [2.75, 3.05) is 0 Å². The van der Waals surface area contributed by atoms with Crippen molar-refractivity contribution in [1.29, 1.82) is 0 Å². The van der Waals surface area contributed by atoms with Gasteiger partial charge in [-0.25, -0.2) is 4.98 Å². The molecule has 0 bridgehead atoms. The van der Waals surface area contributed by atoms with E-state index in [9.17, 15) is 0 Å². The van der Waals surface area contributed by atoms with E-state index in [0.717, 1.165) is 12.8 Å². The average molecular weight is 200 g/mol. The van der Waals surface area contributed by atoms with Gasteiger partial charge in [-0.15, -0.1) is 0 Å². The highest BCUT2D eigenvalue weighted by Crippen LogP contribution is 2.21. The second-order valence-corrected chi connectivity index (χ2v) is 3.96. The van der Waals surface area contributed by atoms with E-state index in [-0.39, 0.29) is 0 Å². The number of H-pyrrole nitrogens is 1. The lowest BCUT2D eigenvalue weighted by Gasteiger charge is -2.07. The fourth-order valence-electron chi connectivity index (χ4n) is 2.40. The summed E-state index contributed by atoms with van der Waals surface area (Å²) in [6.45, 7) is 6.63. The monoisotopic (exact) mass is 200 g/mol. The van der Waals surface area contributed by atoms with Gasteiger partial charge in [0.2, 0.25) is 5.52 Å². The van der Waals surface area contributed by atoms with Crippen LogP contribution in [0.1, 0.15) is 30.7 Å². The number of para-hydroxylation sites is 1. The van der Waals surface area contributed by atoms with Gasteiger partial charge in [-0.1, -0.05) is 26.0 Å². The highest BCUT2D eigenvalue weighted by atomic mass is 14.7. The van der Waals surface area contributed by atoms with Crippen LogP contribution in [0.25, 0.3) is 10.9 Å². The number of aryl methyl sites for hydroxylation is 2. The molecule has 1 N–H and O–H groups in total. The first kappa shape index (κ1) is 10.2. The van der Waals surface area contributed by atoms with E-state index in [1.807, 2.05) is 0 Å². The molecule has 0 spiro atoms. The molecule has 0 unspecified atom stereocenters. The van der Waals surface area contributed by atoms with Crippen molar-refractivity contribution in [2.45, 2.75) is 33.6 Å². The van der Waals surface area contributed by atoms with Crippen LogP contribution in [0.3, 0.4) is 0 Å². The van der Waals surface area contributed by atoms with E-state index in [0.29, 0.717) is 0 Å². The van der Waals surface area contributed by atoms with Gasteiger partial charge >= 0.3 is 0 Å². The van der Waals surface area contributed by atoms with Gasteiger partial charge in [0.1, 0.15) is 0 Å². The molecule has 1 aromatic heterocycles. The zero-order chi connectivity index (χ0) is 10.8. The minimum absolute atomic E-state index is 1.11. The summed E-state index contributed by atoms with van der Waals surface area (Å²) in [4.78, 5) is 3.48. The number of benzene rings is 1. The fourth-order valence-corrected chi connectivity index (χ4v) is 2.40. The second kappa shape index (κ2) is 4.01. The summed E-state index contributed by atoms with van der Waals surface area (Å²) in [6, 6.07) is 8.57. The van der Waals surface area contributed by atoms with Gasteiger partial charge in [-0.05, 0) is 24.5 Å². The largest absolute Gasteiger partial charge is 0.211 e. The van der Waals surface area contributed by atoms with E-state index >= 15 is 0 Å². The standard InChI is InChI=1S/C14H17N/c1-4-11-10(3)15-14-9-7-6-8-13(14)12(11)5-2/h6-9H,4-5H2,1-3H3/p+1. The van der Waals surface area contributed by atoms with Gasteiger partial charge < -0.3 is 0 Å². The van der Waals surface area contributed by atoms with Gasteiger partial charge in [0.25, 0.3) is 0 Å². The SMILES string of the molecule is CCc1c(C)[nH+]c2ccccc2c1CC. The van der Waals surface area contributed by atoms with Gasteiger partial charge in [0.05, 0.1) is 0 Å². The first-order valence-electron chi connectivity index (χ1n) is 5.70. The highest BCUT2D eigenvalue weighted by molar-refractivity contribution is 5.80. The first-order valence-corrected chi connectivity index (χ1v) is 5.70. The summed E-state index contributed by atoms with van der Waals surface area (Å²) in [6.07, 6.45) is 2.22. The number of nitrogens with one attached hydrogen (secondary N) is 1. The smallest absolute Gasteiger partial charge is 0.208 e. The summed E-state index contributed by atoms with van der Waals surface area (Å²) in [5, 5.41) is 1.38. The van der Waals surface area contributed by atoms with E-state index < -0.39 is 0 Å². The molecule has 2 aromatic rings. The first-order chi connectivity index (χ1) is 7.27. The number of aromatic amines is 1. The van der Waals surface area contributed by atoms with Crippen molar-refractivity contribution in [3.63, 3.8) is 0 Å². The molecule has 0 amide bonds. The van der Waals surface area contributed by atoms with Gasteiger partial charge in [0.15, 0.2) is 5.69 Å². The number of aromatic nitrogens is 1. The van der Waals surface area contributed by atoms with Crippen molar-refractivity contribution in [3.8, 4) is 0 Å². The lowest BCUT2D eigenvalue weighted by Crippen LogP contribution is -2.14. The van der Waals surface area contributed by atoms with Crippen LogP contribution in [-0.2, 0) is 12.8 Å². The zero-order valence-electron chi connectivity index (χ0n) is 9.72. The molecule has 0 atom stereocenters. The zero-order valence-corrected chi connectivity index (χ0v) is 9.72. The molecule has 0 radical (unpaired) electrons. The summed E-state index contributed by atoms with van der Waals surface area (Å²) < 4.78 is 0. The number of pyridine rings is 1. The van der Waals surface area contributed by atoms with E-state index in [1.165, 1.54) is 27.7 Å². The quantitative estimate of drug-likeness (QED) is 0.707. The summed E-state index contributed by atoms with van der Waals surface area (Å²) in [5.74, 6) is 0. The van der Waals surface area contributed by atoms with Crippen molar-refractivity contribution in [1.82, 2.24) is 0 Å². The third kappa shape index (κ3) is 1.63. The Bertz CT molecular complexity index is 486. The van der Waals surface area contributed by atoms with E-state index in [2.05, 4.69) is 50.0 Å². The second-order valence-electron chi connectivity index (χ2n) is 3.96. The molecule has 0 aliphatic rings. The third-order valence-electron chi connectivity index (χ3n) is 3.10. The maximum Gasteiger partial charge on any atom is 0.211 e. The summed E-state index contributed by atoms with van der Waals surface area (Å²) in [5.41, 5.74) is 5.55. The predicted molar refractivity (Wildman–Crippen MR) is 64.0 cm³/mol. The average Bonchev–Trinajstić information content (AvgIpc) is 2.27. The van der Waals surface area contributed by atoms with Crippen LogP contribution < -0.4 is 4.98 Å². The molecule has 0 aliphatic carbocycles. The van der Waals surface area contributed by atoms with Crippen LogP contribution >= 0.6 is 0 Å². The Labute approximate surface area is 91.2 Å². The fraction of sp³-hybridized carbons (Fsp3) is 0.357. The van der Waals surface area contributed by atoms with Crippen LogP contribution in [0.15, 0.2) is 24.3 Å². The minimum Gasteiger partial charge on any atom is -0.208 e. The number of hydrogen-bond donors (Lipinski definition) is 0. The molecule has 1 aromatic carbocycles. The maximum absolute atomic E-state index is 3.48. The topological polar surface area (TPSA) is 14.1 Å². The van der Waals surface area contributed by atoms with Crippen LogP contribution in [0.5, 0.6) is 0 Å². The summed E-state index contributed by atoms with van der Waals surface area (Å²) in [7, 11) is 0. The van der Waals surface area contributed by atoms with Crippen LogP contribution in [0.2, 0.25) is 0 Å². The molecule has 1 nitrogen and oxygen atoms in total. The molecule has 0 aliphatic heterocycles. The Kier molecular flexibility index (Phi) is 2.72. The van der Waals surface area contributed by atoms with Crippen LogP contribution in [-0.4, -0.2) is 0 Å². The van der Waals surface area contributed by atoms with Crippen molar-refractivity contribution in [3.05, 3.63) is 41.1 Å². The van der Waals surface area contributed by atoms with Gasteiger partial charge in [-0.3, -0.25) is 0 Å². The molecule has 1 heteroatoms. The van der Waals surface area contributed by atoms with Crippen molar-refractivity contribution < 1.29 is 4.98 Å². The van der Waals surface area contributed by atoms with Crippen LogP contribution in [0, 0.1) is 6.92 Å². The van der Waals surface area contributed by atoms with Crippen LogP contribution in [0.4, 0.5) is 0 Å². The molecule has 2 rings (SSSR count). The lowest BCUT2D eigenvalue weighted by atomic mass is 9.97. The number of fused-ring (bicyclic) bond motifs is 1. The molecular weight excluding hydrogens is 182 g/mol. The Morgan fingerprint density at radius 1 is 1.00 bits per heavy atom. The minimum atomic E-state index is 1.11. The lowest BCUT2D eigenvalue weighted by molar-refractivity contribution is -0.355. The molecule has 0 saturated heterocycles. The Hall–Kier alpha value is -1.37. The predicted octanol–water partition coefficient (Wildman–Crippen LogP) is 3.09. The third-order valence-corrected chi connectivity index (χ3v) is 3.10. The van der Waals surface area contributed by atoms with Gasteiger partial charge in [-0.2, -0.15) is 0 Å². The van der Waals surface area contributed by atoms with E-state index in [1.54, 1.807) is 0 Å². The molecule has 0 fully saturated rings. The number of rotatable bonds is 2. The number of hydrogen-bond acceptors (Lipinski definition) is 0. The molecule has 0 saturated carbocycles. The summed E-state index contributed by atoms with van der Waals surface area (Å²) >= 11 is 0. The molecule has 15 heavy (non-hydrogen) atoms. The molecular formula is C14H18N+. The molecule has 78 valence electrons.